The summed E-state index contributed by atoms with van der Waals surface area (Å²) in [7, 11) is 0. The monoisotopic (exact) mass is 241 g/mol. The fourth-order valence-electron chi connectivity index (χ4n) is 1.44. The molecule has 0 aromatic heterocycles. The Morgan fingerprint density at radius 3 is 2.56 bits per heavy atom. The molecule has 2 aromatic carbocycles. The standard InChI is InChI=1S/C14H8FNO2/c15-13-6-3-4-11(10-13)8-9-12-5-1-2-7-14(12)16(17)18/h1-7,10H. The van der Waals surface area contributed by atoms with E-state index in [1.807, 2.05) is 0 Å². The number of para-hydroxylation sites is 1. The molecule has 0 aliphatic rings. The van der Waals surface area contributed by atoms with Gasteiger partial charge < -0.3 is 0 Å². The summed E-state index contributed by atoms with van der Waals surface area (Å²) >= 11 is 0. The quantitative estimate of drug-likeness (QED) is 0.437. The van der Waals surface area contributed by atoms with Crippen LogP contribution in [0, 0.1) is 27.8 Å². The minimum Gasteiger partial charge on any atom is -0.258 e. The van der Waals surface area contributed by atoms with Crippen LogP contribution in [0.5, 0.6) is 0 Å². The normalized spacial score (nSPS) is 9.39. The molecule has 0 fully saturated rings. The Kier molecular flexibility index (Phi) is 3.35. The van der Waals surface area contributed by atoms with Crippen LogP contribution in [-0.2, 0) is 0 Å². The van der Waals surface area contributed by atoms with Crippen LogP contribution >= 0.6 is 0 Å². The first-order chi connectivity index (χ1) is 8.66. The number of benzene rings is 2. The predicted molar refractivity (Wildman–Crippen MR) is 65.5 cm³/mol. The maximum absolute atomic E-state index is 12.9. The molecule has 0 spiro atoms. The molecule has 4 heteroatoms. The summed E-state index contributed by atoms with van der Waals surface area (Å²) in [6.45, 7) is 0. The average Bonchev–Trinajstić information content (AvgIpc) is 2.37. The van der Waals surface area contributed by atoms with E-state index >= 15 is 0 Å². The Bertz CT molecular complexity index is 656. The lowest BCUT2D eigenvalue weighted by Gasteiger charge is -1.94. The molecular formula is C14H8FNO2. The van der Waals surface area contributed by atoms with E-state index in [2.05, 4.69) is 11.8 Å². The molecule has 3 nitrogen and oxygen atoms in total. The number of nitro benzene ring substituents is 1. The molecular weight excluding hydrogens is 233 g/mol. The number of rotatable bonds is 1. The van der Waals surface area contributed by atoms with Crippen molar-refractivity contribution in [1.82, 2.24) is 0 Å². The molecule has 0 aliphatic heterocycles. The van der Waals surface area contributed by atoms with Gasteiger partial charge in [0.05, 0.1) is 4.92 Å². The number of halogens is 1. The topological polar surface area (TPSA) is 43.1 Å². The highest BCUT2D eigenvalue weighted by molar-refractivity contribution is 5.53. The van der Waals surface area contributed by atoms with Crippen LogP contribution in [0.1, 0.15) is 11.1 Å². The van der Waals surface area contributed by atoms with Crippen molar-refractivity contribution in [2.24, 2.45) is 0 Å². The molecule has 0 aliphatic carbocycles. The van der Waals surface area contributed by atoms with Crippen molar-refractivity contribution < 1.29 is 9.31 Å². The molecule has 2 rings (SSSR count). The third-order valence-electron chi connectivity index (χ3n) is 2.27. The van der Waals surface area contributed by atoms with Gasteiger partial charge in [0.2, 0.25) is 0 Å². The van der Waals surface area contributed by atoms with Crippen molar-refractivity contribution in [2.75, 3.05) is 0 Å². The lowest BCUT2D eigenvalue weighted by Crippen LogP contribution is -1.91. The Morgan fingerprint density at radius 2 is 1.83 bits per heavy atom. The van der Waals surface area contributed by atoms with Gasteiger partial charge >= 0.3 is 0 Å². The van der Waals surface area contributed by atoms with E-state index in [9.17, 15) is 14.5 Å². The van der Waals surface area contributed by atoms with E-state index in [0.29, 0.717) is 11.1 Å². The summed E-state index contributed by atoms with van der Waals surface area (Å²) in [6.07, 6.45) is 0. The summed E-state index contributed by atoms with van der Waals surface area (Å²) in [4.78, 5) is 10.3. The van der Waals surface area contributed by atoms with Crippen molar-refractivity contribution in [3.8, 4) is 11.8 Å². The number of nitrogens with zero attached hydrogens (tertiary/aromatic N) is 1. The summed E-state index contributed by atoms with van der Waals surface area (Å²) in [6, 6.07) is 12.0. The minimum atomic E-state index is -0.490. The van der Waals surface area contributed by atoms with Gasteiger partial charge in [0, 0.05) is 11.6 Å². The van der Waals surface area contributed by atoms with E-state index in [1.54, 1.807) is 30.3 Å². The first kappa shape index (κ1) is 11.8. The van der Waals surface area contributed by atoms with Crippen LogP contribution in [0.4, 0.5) is 10.1 Å². The fourth-order valence-corrected chi connectivity index (χ4v) is 1.44. The zero-order chi connectivity index (χ0) is 13.0. The molecule has 2 aromatic rings. The third kappa shape index (κ3) is 2.71. The van der Waals surface area contributed by atoms with Crippen molar-refractivity contribution >= 4 is 5.69 Å². The Morgan fingerprint density at radius 1 is 1.06 bits per heavy atom. The first-order valence-electron chi connectivity index (χ1n) is 5.18. The Labute approximate surface area is 103 Å². The second-order valence-corrected chi connectivity index (χ2v) is 3.53. The maximum atomic E-state index is 12.9. The lowest BCUT2D eigenvalue weighted by molar-refractivity contribution is -0.385. The van der Waals surface area contributed by atoms with Gasteiger partial charge in [0.15, 0.2) is 0 Å². The van der Waals surface area contributed by atoms with Gasteiger partial charge in [0.1, 0.15) is 11.4 Å². The Hall–Kier alpha value is -2.67. The van der Waals surface area contributed by atoms with Crippen LogP contribution in [0.3, 0.4) is 0 Å². The molecule has 0 N–H and O–H groups in total. The van der Waals surface area contributed by atoms with E-state index in [0.717, 1.165) is 0 Å². The highest BCUT2D eigenvalue weighted by atomic mass is 19.1. The fraction of sp³-hybridized carbons (Fsp3) is 0. The number of hydrogen-bond acceptors (Lipinski definition) is 2. The van der Waals surface area contributed by atoms with Gasteiger partial charge in [-0.3, -0.25) is 10.1 Å². The second kappa shape index (κ2) is 5.11. The SMILES string of the molecule is O=[N+]([O-])c1ccccc1C#Cc1cccc(F)c1. The molecule has 0 atom stereocenters. The largest absolute Gasteiger partial charge is 0.284 e. The highest BCUT2D eigenvalue weighted by Gasteiger charge is 2.09. The van der Waals surface area contributed by atoms with Gasteiger partial charge in [-0.2, -0.15) is 0 Å². The van der Waals surface area contributed by atoms with Gasteiger partial charge in [-0.05, 0) is 24.3 Å². The number of hydrogen-bond donors (Lipinski definition) is 0. The molecule has 0 saturated carbocycles. The third-order valence-corrected chi connectivity index (χ3v) is 2.27. The highest BCUT2D eigenvalue weighted by Crippen LogP contribution is 2.16. The van der Waals surface area contributed by atoms with Crippen molar-refractivity contribution in [1.29, 1.82) is 0 Å². The first-order valence-corrected chi connectivity index (χ1v) is 5.18. The van der Waals surface area contributed by atoms with Crippen LogP contribution in [0.15, 0.2) is 48.5 Å². The summed E-state index contributed by atoms with van der Waals surface area (Å²) in [5.41, 5.74) is 0.737. The van der Waals surface area contributed by atoms with Gasteiger partial charge in [-0.15, -0.1) is 0 Å². The summed E-state index contributed by atoms with van der Waals surface area (Å²) < 4.78 is 12.9. The molecule has 18 heavy (non-hydrogen) atoms. The zero-order valence-electron chi connectivity index (χ0n) is 9.26. The molecule has 0 amide bonds. The van der Waals surface area contributed by atoms with Gasteiger partial charge in [-0.25, -0.2) is 4.39 Å². The predicted octanol–water partition coefficient (Wildman–Crippen LogP) is 3.13. The smallest absolute Gasteiger partial charge is 0.258 e. The molecule has 0 unspecified atom stereocenters. The van der Waals surface area contributed by atoms with E-state index in [4.69, 9.17) is 0 Å². The van der Waals surface area contributed by atoms with Crippen molar-refractivity contribution in [3.05, 3.63) is 75.6 Å². The van der Waals surface area contributed by atoms with Crippen molar-refractivity contribution in [3.63, 3.8) is 0 Å². The molecule has 0 radical (unpaired) electrons. The van der Waals surface area contributed by atoms with Crippen LogP contribution in [0.25, 0.3) is 0 Å². The van der Waals surface area contributed by atoms with Gasteiger partial charge in [0.25, 0.3) is 5.69 Å². The minimum absolute atomic E-state index is 0.0543. The average molecular weight is 241 g/mol. The van der Waals surface area contributed by atoms with E-state index in [1.165, 1.54) is 18.2 Å². The summed E-state index contributed by atoms with van der Waals surface area (Å²) in [5, 5.41) is 10.8. The summed E-state index contributed by atoms with van der Waals surface area (Å²) in [5.74, 6) is 5.00. The maximum Gasteiger partial charge on any atom is 0.284 e. The van der Waals surface area contributed by atoms with Crippen LogP contribution in [0.2, 0.25) is 0 Å². The van der Waals surface area contributed by atoms with Crippen LogP contribution < -0.4 is 0 Å². The Balaban J connectivity index is 2.39. The van der Waals surface area contributed by atoms with Crippen LogP contribution in [-0.4, -0.2) is 4.92 Å². The molecule has 88 valence electrons. The number of nitro groups is 1. The molecule has 0 saturated heterocycles. The second-order valence-electron chi connectivity index (χ2n) is 3.53. The van der Waals surface area contributed by atoms with Crippen molar-refractivity contribution in [2.45, 2.75) is 0 Å². The zero-order valence-corrected chi connectivity index (χ0v) is 9.26. The molecule has 0 bridgehead atoms. The lowest BCUT2D eigenvalue weighted by atomic mass is 10.1. The molecule has 0 heterocycles. The van der Waals surface area contributed by atoms with E-state index in [-0.39, 0.29) is 11.5 Å². The van der Waals surface area contributed by atoms with Gasteiger partial charge in [-0.1, -0.05) is 30.0 Å². The van der Waals surface area contributed by atoms with E-state index < -0.39 is 4.92 Å².